The van der Waals surface area contributed by atoms with E-state index in [9.17, 15) is 9.59 Å². The van der Waals surface area contributed by atoms with Crippen molar-refractivity contribution >= 4 is 33.4 Å². The Morgan fingerprint density at radius 2 is 1.73 bits per heavy atom. The second kappa shape index (κ2) is 8.51. The first-order chi connectivity index (χ1) is 16.1. The summed E-state index contributed by atoms with van der Waals surface area (Å²) >= 11 is 1.36. The number of thiazole rings is 1. The van der Waals surface area contributed by atoms with Crippen LogP contribution in [0.3, 0.4) is 0 Å². The first-order valence-electron chi connectivity index (χ1n) is 10.6. The van der Waals surface area contributed by atoms with E-state index >= 15 is 0 Å². The van der Waals surface area contributed by atoms with Gasteiger partial charge in [0.1, 0.15) is 6.54 Å². The van der Waals surface area contributed by atoms with Crippen molar-refractivity contribution in [2.75, 3.05) is 5.32 Å². The number of aromatic nitrogens is 5. The fourth-order valence-electron chi connectivity index (χ4n) is 3.93. The van der Waals surface area contributed by atoms with Gasteiger partial charge in [0, 0.05) is 31.5 Å². The molecule has 0 aliphatic heterocycles. The fourth-order valence-corrected chi connectivity index (χ4v) is 4.98. The molecule has 2 aromatic carbocycles. The largest absolute Gasteiger partial charge is 0.333 e. The maximum absolute atomic E-state index is 13.0. The van der Waals surface area contributed by atoms with Gasteiger partial charge in [0.25, 0.3) is 0 Å². The lowest BCUT2D eigenvalue weighted by molar-refractivity contribution is -0.116. The number of rotatable bonds is 6. The molecule has 0 saturated carbocycles. The highest BCUT2D eigenvalue weighted by atomic mass is 32.1. The van der Waals surface area contributed by atoms with Crippen molar-refractivity contribution in [2.24, 2.45) is 7.05 Å². The number of carbonyl (C=O) groups excluding carboxylic acids is 1. The Bertz CT molecular complexity index is 1510. The first-order valence-corrected chi connectivity index (χ1v) is 11.4. The van der Waals surface area contributed by atoms with Gasteiger partial charge in [0.05, 0.1) is 21.6 Å². The number of para-hydroxylation sites is 2. The topological polar surface area (TPSA) is 86.7 Å². The highest BCUT2D eigenvalue weighted by molar-refractivity contribution is 7.19. The summed E-state index contributed by atoms with van der Waals surface area (Å²) in [6.45, 7) is 2.36. The smallest absolute Gasteiger partial charge is 0.329 e. The van der Waals surface area contributed by atoms with Crippen LogP contribution in [0, 0.1) is 0 Å². The number of nitrogens with zero attached hydrogens (tertiary/aromatic N) is 5. The van der Waals surface area contributed by atoms with Gasteiger partial charge in [-0.2, -0.15) is 0 Å². The highest BCUT2D eigenvalue weighted by Crippen LogP contribution is 2.38. The summed E-state index contributed by atoms with van der Waals surface area (Å²) < 4.78 is 5.09. The van der Waals surface area contributed by atoms with Crippen molar-refractivity contribution in [1.29, 1.82) is 0 Å². The molecule has 3 aromatic heterocycles. The van der Waals surface area contributed by atoms with Gasteiger partial charge < -0.3 is 9.88 Å². The van der Waals surface area contributed by atoms with E-state index in [4.69, 9.17) is 4.98 Å². The van der Waals surface area contributed by atoms with Crippen LogP contribution in [0.5, 0.6) is 0 Å². The number of anilines is 1. The normalized spacial score (nSPS) is 11.2. The van der Waals surface area contributed by atoms with Crippen molar-refractivity contribution in [3.8, 4) is 22.0 Å². The first kappa shape index (κ1) is 20.9. The lowest BCUT2D eigenvalue weighted by Gasteiger charge is -2.03. The summed E-state index contributed by atoms with van der Waals surface area (Å²) in [5.41, 5.74) is 3.04. The third-order valence-corrected chi connectivity index (χ3v) is 6.45. The van der Waals surface area contributed by atoms with Gasteiger partial charge in [-0.1, -0.05) is 53.8 Å². The van der Waals surface area contributed by atoms with Crippen molar-refractivity contribution < 1.29 is 4.79 Å². The van der Waals surface area contributed by atoms with Crippen LogP contribution in [0.4, 0.5) is 5.13 Å². The molecule has 0 unspecified atom stereocenters. The molecule has 0 bridgehead atoms. The number of hydrogen-bond acceptors (Lipinski definition) is 5. The molecule has 166 valence electrons. The van der Waals surface area contributed by atoms with Crippen LogP contribution in [-0.4, -0.2) is 29.6 Å². The van der Waals surface area contributed by atoms with Gasteiger partial charge in [0.15, 0.2) is 11.0 Å². The van der Waals surface area contributed by atoms with Crippen LogP contribution < -0.4 is 11.0 Å². The molecule has 0 atom stereocenters. The van der Waals surface area contributed by atoms with E-state index in [2.05, 4.69) is 10.3 Å². The summed E-state index contributed by atoms with van der Waals surface area (Å²) in [5.74, 6) is 0.463. The minimum Gasteiger partial charge on any atom is -0.333 e. The Labute approximate surface area is 193 Å². The number of imidazole rings is 2. The maximum Gasteiger partial charge on any atom is 0.329 e. The molecule has 0 fully saturated rings. The maximum atomic E-state index is 13.0. The van der Waals surface area contributed by atoms with Crippen molar-refractivity contribution in [3.05, 3.63) is 77.5 Å². The van der Waals surface area contributed by atoms with Crippen molar-refractivity contribution in [3.63, 3.8) is 0 Å². The van der Waals surface area contributed by atoms with Crippen LogP contribution >= 0.6 is 11.3 Å². The molecule has 0 aliphatic carbocycles. The second-order valence-electron chi connectivity index (χ2n) is 7.57. The molecule has 0 aliphatic rings. The molecule has 5 rings (SSSR count). The third-order valence-electron chi connectivity index (χ3n) is 5.49. The van der Waals surface area contributed by atoms with Gasteiger partial charge in [0.2, 0.25) is 5.91 Å². The predicted octanol–water partition coefficient (Wildman–Crippen LogP) is 3.99. The molecule has 9 heteroatoms. The molecular weight excluding hydrogens is 436 g/mol. The van der Waals surface area contributed by atoms with Gasteiger partial charge in [-0.15, -0.1) is 0 Å². The summed E-state index contributed by atoms with van der Waals surface area (Å²) in [7, 11) is 1.92. The van der Waals surface area contributed by atoms with E-state index in [0.717, 1.165) is 33.0 Å². The number of carbonyl (C=O) groups is 1. The van der Waals surface area contributed by atoms with E-state index in [1.807, 2.05) is 79.3 Å². The van der Waals surface area contributed by atoms with Crippen molar-refractivity contribution in [1.82, 2.24) is 23.7 Å². The van der Waals surface area contributed by atoms with E-state index in [1.54, 1.807) is 10.8 Å². The van der Waals surface area contributed by atoms with Gasteiger partial charge in [-0.05, 0) is 19.1 Å². The summed E-state index contributed by atoms with van der Waals surface area (Å²) in [5, 5.41) is 3.35. The Morgan fingerprint density at radius 1 is 1.03 bits per heavy atom. The Kier molecular flexibility index (Phi) is 5.39. The average Bonchev–Trinajstić information content (AvgIpc) is 3.50. The minimum atomic E-state index is -0.309. The quantitative estimate of drug-likeness (QED) is 0.417. The number of amides is 1. The zero-order valence-corrected chi connectivity index (χ0v) is 19.0. The molecule has 5 aromatic rings. The molecule has 1 N–H and O–H groups in total. The lowest BCUT2D eigenvalue weighted by Crippen LogP contribution is -2.29. The predicted molar refractivity (Wildman–Crippen MR) is 130 cm³/mol. The molecule has 33 heavy (non-hydrogen) atoms. The van der Waals surface area contributed by atoms with Crippen LogP contribution in [0.15, 0.2) is 71.8 Å². The van der Waals surface area contributed by atoms with Gasteiger partial charge in [-0.25, -0.2) is 14.8 Å². The van der Waals surface area contributed by atoms with Crippen LogP contribution in [0.1, 0.15) is 6.92 Å². The molecule has 1 amide bonds. The molecule has 0 saturated heterocycles. The van der Waals surface area contributed by atoms with Gasteiger partial charge >= 0.3 is 5.69 Å². The molecular formula is C24H22N6O2S. The SMILES string of the molecule is CCn1c(=O)n(CC(=O)Nc2nc(-c3ccccc3)c(-c3nccn3C)s2)c2ccccc21. The standard InChI is InChI=1S/C24H22N6O2S/c1-3-29-17-11-7-8-12-18(17)30(24(29)32)15-19(31)26-23-27-20(16-9-5-4-6-10-16)21(33-23)22-25-13-14-28(22)2/h4-14H,3,15H2,1-2H3,(H,26,27,31). The zero-order valence-electron chi connectivity index (χ0n) is 18.2. The highest BCUT2D eigenvalue weighted by Gasteiger charge is 2.20. The van der Waals surface area contributed by atoms with Crippen molar-refractivity contribution in [2.45, 2.75) is 20.0 Å². The summed E-state index contributed by atoms with van der Waals surface area (Å²) in [4.78, 5) is 35.9. The average molecular weight is 459 g/mol. The van der Waals surface area contributed by atoms with E-state index in [1.165, 1.54) is 15.9 Å². The summed E-state index contributed by atoms with van der Waals surface area (Å²) in [6.07, 6.45) is 3.61. The fraction of sp³-hybridized carbons (Fsp3) is 0.167. The third kappa shape index (κ3) is 3.76. The minimum absolute atomic E-state index is 0.0929. The zero-order chi connectivity index (χ0) is 22.9. The monoisotopic (exact) mass is 458 g/mol. The Balaban J connectivity index is 1.48. The number of nitrogens with one attached hydrogen (secondary N) is 1. The second-order valence-corrected chi connectivity index (χ2v) is 8.57. The van der Waals surface area contributed by atoms with E-state index in [-0.39, 0.29) is 18.1 Å². The summed E-state index contributed by atoms with van der Waals surface area (Å²) in [6, 6.07) is 17.3. The van der Waals surface area contributed by atoms with Crippen LogP contribution in [0.2, 0.25) is 0 Å². The number of aryl methyl sites for hydroxylation is 2. The Morgan fingerprint density at radius 3 is 2.39 bits per heavy atom. The van der Waals surface area contributed by atoms with Gasteiger partial charge in [-0.3, -0.25) is 13.9 Å². The molecule has 3 heterocycles. The molecule has 0 radical (unpaired) electrons. The van der Waals surface area contributed by atoms with Crippen LogP contribution in [0.25, 0.3) is 33.0 Å². The molecule has 0 spiro atoms. The Hall–Kier alpha value is -3.98. The van der Waals surface area contributed by atoms with Crippen LogP contribution in [-0.2, 0) is 24.9 Å². The number of benzene rings is 2. The lowest BCUT2D eigenvalue weighted by atomic mass is 10.1. The van der Waals surface area contributed by atoms with E-state index in [0.29, 0.717) is 11.7 Å². The number of hydrogen-bond donors (Lipinski definition) is 1. The molecule has 8 nitrogen and oxygen atoms in total. The number of fused-ring (bicyclic) bond motifs is 1. The van der Waals surface area contributed by atoms with E-state index < -0.39 is 0 Å².